The fourth-order valence-electron chi connectivity index (χ4n) is 1.75. The van der Waals surface area contributed by atoms with Gasteiger partial charge in [0, 0.05) is 19.0 Å². The van der Waals surface area contributed by atoms with Gasteiger partial charge >= 0.3 is 18.2 Å². The predicted octanol–water partition coefficient (Wildman–Crippen LogP) is 2.98. The summed E-state index contributed by atoms with van der Waals surface area (Å²) in [5.74, 6) is -1.78. The van der Waals surface area contributed by atoms with Crippen molar-refractivity contribution in [2.75, 3.05) is 13.6 Å². The molecule has 1 rings (SSSR count). The van der Waals surface area contributed by atoms with E-state index in [2.05, 4.69) is 10.3 Å². The molecule has 0 aliphatic heterocycles. The Morgan fingerprint density at radius 3 is 2.52 bits per heavy atom. The second-order valence-electron chi connectivity index (χ2n) is 5.10. The van der Waals surface area contributed by atoms with Crippen LogP contribution in [0.5, 0.6) is 0 Å². The number of carbonyl (C=O) groups excluding carboxylic acids is 1. The lowest BCUT2D eigenvalue weighted by molar-refractivity contribution is -0.142. The highest BCUT2D eigenvalue weighted by atomic mass is 32.1. The number of carboxylic acids is 1. The van der Waals surface area contributed by atoms with Crippen LogP contribution in [0.3, 0.4) is 0 Å². The highest BCUT2D eigenvalue weighted by molar-refractivity contribution is 7.09. The maximum atomic E-state index is 12.6. The van der Waals surface area contributed by atoms with Gasteiger partial charge in [0.05, 0.1) is 12.0 Å². The quantitative estimate of drug-likeness (QED) is 0.824. The SMILES string of the molecule is CCC(NC(=O)N(C)CC(C)C(=O)O)c1nc(C(F)(F)F)cs1. The van der Waals surface area contributed by atoms with E-state index in [1.165, 1.54) is 18.9 Å². The van der Waals surface area contributed by atoms with Crippen LogP contribution in [-0.4, -0.2) is 40.6 Å². The zero-order chi connectivity index (χ0) is 17.8. The maximum absolute atomic E-state index is 12.6. The van der Waals surface area contributed by atoms with Crippen LogP contribution in [0.4, 0.5) is 18.0 Å². The van der Waals surface area contributed by atoms with Crippen LogP contribution in [0.25, 0.3) is 0 Å². The smallest absolute Gasteiger partial charge is 0.434 e. The third-order valence-electron chi connectivity index (χ3n) is 3.13. The molecule has 2 amide bonds. The van der Waals surface area contributed by atoms with Crippen molar-refractivity contribution in [2.24, 2.45) is 5.92 Å². The first-order valence-corrected chi connectivity index (χ1v) is 7.71. The molecule has 10 heteroatoms. The van der Waals surface area contributed by atoms with Crippen molar-refractivity contribution in [3.05, 3.63) is 16.1 Å². The number of urea groups is 1. The summed E-state index contributed by atoms with van der Waals surface area (Å²) >= 11 is 0.823. The zero-order valence-corrected chi connectivity index (χ0v) is 13.7. The van der Waals surface area contributed by atoms with Crippen LogP contribution in [0.15, 0.2) is 5.38 Å². The summed E-state index contributed by atoms with van der Waals surface area (Å²) in [6.45, 7) is 3.16. The molecule has 2 unspecified atom stereocenters. The summed E-state index contributed by atoms with van der Waals surface area (Å²) in [7, 11) is 1.42. The van der Waals surface area contributed by atoms with Crippen molar-refractivity contribution in [1.82, 2.24) is 15.2 Å². The molecule has 0 aliphatic rings. The van der Waals surface area contributed by atoms with Crippen molar-refractivity contribution >= 4 is 23.3 Å². The monoisotopic (exact) mass is 353 g/mol. The van der Waals surface area contributed by atoms with Gasteiger partial charge in [-0.3, -0.25) is 4.79 Å². The van der Waals surface area contributed by atoms with Gasteiger partial charge in [-0.1, -0.05) is 13.8 Å². The molecule has 1 heterocycles. The fraction of sp³-hybridized carbons (Fsp3) is 0.615. The molecule has 0 saturated heterocycles. The standard InChI is InChI=1S/C13H18F3N3O3S/c1-4-8(10-18-9(6-23-10)13(14,15)16)17-12(22)19(3)5-7(2)11(20)21/h6-8H,4-5H2,1-3H3,(H,17,22)(H,20,21). The lowest BCUT2D eigenvalue weighted by Crippen LogP contribution is -2.42. The van der Waals surface area contributed by atoms with Crippen LogP contribution < -0.4 is 5.32 Å². The number of nitrogens with zero attached hydrogens (tertiary/aromatic N) is 2. The average Bonchev–Trinajstić information content (AvgIpc) is 2.93. The van der Waals surface area contributed by atoms with E-state index in [0.29, 0.717) is 6.42 Å². The Kier molecular flexibility index (Phi) is 6.37. The van der Waals surface area contributed by atoms with Crippen molar-refractivity contribution in [1.29, 1.82) is 0 Å². The number of hydrogen-bond acceptors (Lipinski definition) is 4. The topological polar surface area (TPSA) is 82.5 Å². The van der Waals surface area contributed by atoms with Gasteiger partial charge in [0.2, 0.25) is 0 Å². The number of aliphatic carboxylic acids is 1. The molecule has 0 aromatic carbocycles. The number of amides is 2. The molecule has 0 radical (unpaired) electrons. The van der Waals surface area contributed by atoms with Crippen molar-refractivity contribution in [3.8, 4) is 0 Å². The largest absolute Gasteiger partial charge is 0.481 e. The van der Waals surface area contributed by atoms with E-state index < -0.39 is 35.8 Å². The van der Waals surface area contributed by atoms with Gasteiger partial charge in [0.1, 0.15) is 5.01 Å². The molecule has 0 spiro atoms. The van der Waals surface area contributed by atoms with E-state index >= 15 is 0 Å². The molecule has 0 fully saturated rings. The number of nitrogens with one attached hydrogen (secondary N) is 1. The maximum Gasteiger partial charge on any atom is 0.434 e. The molecule has 1 aromatic rings. The Morgan fingerprint density at radius 2 is 2.09 bits per heavy atom. The third kappa shape index (κ3) is 5.38. The number of aromatic nitrogens is 1. The number of alkyl halides is 3. The Labute approximate surface area is 135 Å². The van der Waals surface area contributed by atoms with Crippen LogP contribution >= 0.6 is 11.3 Å². The van der Waals surface area contributed by atoms with Gasteiger partial charge in [-0.2, -0.15) is 13.2 Å². The molecule has 0 bridgehead atoms. The van der Waals surface area contributed by atoms with E-state index in [1.807, 2.05) is 0 Å². The molecule has 2 N–H and O–H groups in total. The Hall–Kier alpha value is -1.84. The first-order chi connectivity index (χ1) is 10.6. The van der Waals surface area contributed by atoms with E-state index in [4.69, 9.17) is 5.11 Å². The Balaban J connectivity index is 2.74. The number of carboxylic acid groups (broad SMARTS) is 1. The minimum Gasteiger partial charge on any atom is -0.481 e. The van der Waals surface area contributed by atoms with Gasteiger partial charge in [0.25, 0.3) is 0 Å². The molecular weight excluding hydrogens is 335 g/mol. The first kappa shape index (κ1) is 19.2. The number of thiazole rings is 1. The second-order valence-corrected chi connectivity index (χ2v) is 5.99. The number of carbonyl (C=O) groups is 2. The third-order valence-corrected chi connectivity index (χ3v) is 4.09. The van der Waals surface area contributed by atoms with Gasteiger partial charge in [-0.05, 0) is 6.42 Å². The molecule has 0 saturated carbocycles. The molecular formula is C13H18F3N3O3S. The van der Waals surface area contributed by atoms with Crippen LogP contribution in [0.1, 0.15) is 37.0 Å². The van der Waals surface area contributed by atoms with Crippen LogP contribution in [0, 0.1) is 5.92 Å². The van der Waals surface area contributed by atoms with Crippen molar-refractivity contribution in [2.45, 2.75) is 32.5 Å². The van der Waals surface area contributed by atoms with Crippen molar-refractivity contribution in [3.63, 3.8) is 0 Å². The summed E-state index contributed by atoms with van der Waals surface area (Å²) in [6, 6.07) is -1.22. The van der Waals surface area contributed by atoms with E-state index in [0.717, 1.165) is 16.7 Å². The molecule has 0 aliphatic carbocycles. The van der Waals surface area contributed by atoms with Gasteiger partial charge in [0.15, 0.2) is 5.69 Å². The molecule has 6 nitrogen and oxygen atoms in total. The second kappa shape index (κ2) is 7.62. The Morgan fingerprint density at radius 1 is 1.48 bits per heavy atom. The van der Waals surface area contributed by atoms with Gasteiger partial charge < -0.3 is 15.3 Å². The summed E-state index contributed by atoms with van der Waals surface area (Å²) in [5.41, 5.74) is -0.988. The van der Waals surface area contributed by atoms with Crippen LogP contribution in [0.2, 0.25) is 0 Å². The number of halogens is 3. The summed E-state index contributed by atoms with van der Waals surface area (Å²) in [4.78, 5) is 27.5. The summed E-state index contributed by atoms with van der Waals surface area (Å²) in [5, 5.41) is 12.5. The lowest BCUT2D eigenvalue weighted by Gasteiger charge is -2.23. The summed E-state index contributed by atoms with van der Waals surface area (Å²) in [6.07, 6.45) is -4.16. The van der Waals surface area contributed by atoms with E-state index in [-0.39, 0.29) is 11.6 Å². The number of rotatable bonds is 6. The Bertz CT molecular complexity index is 562. The summed E-state index contributed by atoms with van der Waals surface area (Å²) < 4.78 is 37.7. The first-order valence-electron chi connectivity index (χ1n) is 6.83. The molecule has 1 aromatic heterocycles. The molecule has 2 atom stereocenters. The van der Waals surface area contributed by atoms with Crippen molar-refractivity contribution < 1.29 is 27.9 Å². The van der Waals surface area contributed by atoms with Gasteiger partial charge in [-0.25, -0.2) is 9.78 Å². The zero-order valence-electron chi connectivity index (χ0n) is 12.8. The molecule has 130 valence electrons. The fourth-order valence-corrected chi connectivity index (χ4v) is 2.71. The minimum atomic E-state index is -4.52. The van der Waals surface area contributed by atoms with Gasteiger partial charge in [-0.15, -0.1) is 11.3 Å². The highest BCUT2D eigenvalue weighted by Crippen LogP contribution is 2.32. The molecule has 23 heavy (non-hydrogen) atoms. The van der Waals surface area contributed by atoms with E-state index in [1.54, 1.807) is 6.92 Å². The average molecular weight is 353 g/mol. The van der Waals surface area contributed by atoms with E-state index in [9.17, 15) is 22.8 Å². The van der Waals surface area contributed by atoms with Crippen LogP contribution in [-0.2, 0) is 11.0 Å². The minimum absolute atomic E-state index is 0.0106. The number of hydrogen-bond donors (Lipinski definition) is 2. The lowest BCUT2D eigenvalue weighted by atomic mass is 10.2. The normalized spacial score (nSPS) is 14.2. The highest BCUT2D eigenvalue weighted by Gasteiger charge is 2.34. The predicted molar refractivity (Wildman–Crippen MR) is 78.1 cm³/mol.